The van der Waals surface area contributed by atoms with Gasteiger partial charge in [-0.25, -0.2) is 4.79 Å². The van der Waals surface area contributed by atoms with Crippen LogP contribution in [-0.4, -0.2) is 34.1 Å². The van der Waals surface area contributed by atoms with E-state index in [2.05, 4.69) is 37.2 Å². The van der Waals surface area contributed by atoms with E-state index in [0.717, 1.165) is 5.56 Å². The first-order valence-electron chi connectivity index (χ1n) is 7.37. The van der Waals surface area contributed by atoms with Crippen LogP contribution in [0.1, 0.15) is 17.2 Å². The predicted octanol–water partition coefficient (Wildman–Crippen LogP) is 3.24. The zero-order valence-corrected chi connectivity index (χ0v) is 16.2. The Hall–Kier alpha value is -1.61. The van der Waals surface area contributed by atoms with Crippen molar-refractivity contribution >= 4 is 38.0 Å². The van der Waals surface area contributed by atoms with Crippen LogP contribution in [0.4, 0.5) is 4.79 Å². The first kappa shape index (κ1) is 19.7. The average molecular weight is 475 g/mol. The number of phenols is 1. The molecule has 0 fully saturated rings. The van der Waals surface area contributed by atoms with Gasteiger partial charge in [-0.05, 0) is 55.1 Å². The molecule has 0 spiro atoms. The molecule has 0 saturated carbocycles. The lowest BCUT2D eigenvalue weighted by Gasteiger charge is -2.19. The van der Waals surface area contributed by atoms with Crippen LogP contribution < -0.4 is 5.32 Å². The maximum Gasteiger partial charge on any atom is 0.407 e. The molecular weight excluding hydrogens is 458 g/mol. The first-order chi connectivity index (χ1) is 11.9. The number of carbonyl (C=O) groups excluding carboxylic acids is 1. The van der Waals surface area contributed by atoms with Crippen molar-refractivity contribution in [2.75, 3.05) is 6.54 Å². The SMILES string of the molecule is O=C(NCC(O)C(O)c1cc(Br)c(O)c(Br)c1)OCc1ccccc1. The summed E-state index contributed by atoms with van der Waals surface area (Å²) in [4.78, 5) is 11.7. The normalized spacial score (nSPS) is 13.1. The van der Waals surface area contributed by atoms with Crippen molar-refractivity contribution in [3.63, 3.8) is 0 Å². The zero-order chi connectivity index (χ0) is 18.4. The summed E-state index contributed by atoms with van der Waals surface area (Å²) < 4.78 is 5.77. The van der Waals surface area contributed by atoms with Crippen LogP contribution in [0.5, 0.6) is 5.75 Å². The van der Waals surface area contributed by atoms with Gasteiger partial charge in [0.25, 0.3) is 0 Å². The van der Waals surface area contributed by atoms with Gasteiger partial charge in [0.15, 0.2) is 0 Å². The molecule has 0 aromatic heterocycles. The van der Waals surface area contributed by atoms with Gasteiger partial charge in [0.05, 0.1) is 8.95 Å². The third-order valence-electron chi connectivity index (χ3n) is 3.41. The number of amides is 1. The Kier molecular flexibility index (Phi) is 7.24. The summed E-state index contributed by atoms with van der Waals surface area (Å²) in [6, 6.07) is 12.2. The summed E-state index contributed by atoms with van der Waals surface area (Å²) in [7, 11) is 0. The maximum atomic E-state index is 11.7. The van der Waals surface area contributed by atoms with E-state index in [1.165, 1.54) is 12.1 Å². The monoisotopic (exact) mass is 473 g/mol. The summed E-state index contributed by atoms with van der Waals surface area (Å²) >= 11 is 6.31. The molecule has 0 aliphatic carbocycles. The molecule has 2 aromatic rings. The van der Waals surface area contributed by atoms with Gasteiger partial charge >= 0.3 is 6.09 Å². The third-order valence-corrected chi connectivity index (χ3v) is 4.62. The number of ether oxygens (including phenoxy) is 1. The van der Waals surface area contributed by atoms with E-state index in [4.69, 9.17) is 4.74 Å². The molecule has 2 rings (SSSR count). The van der Waals surface area contributed by atoms with E-state index in [0.29, 0.717) is 14.5 Å². The fraction of sp³-hybridized carbons (Fsp3) is 0.235. The van der Waals surface area contributed by atoms with Crippen LogP contribution >= 0.6 is 31.9 Å². The number of halogens is 2. The number of hydrogen-bond donors (Lipinski definition) is 4. The molecule has 8 heteroatoms. The van der Waals surface area contributed by atoms with E-state index in [-0.39, 0.29) is 18.9 Å². The Morgan fingerprint density at radius 2 is 1.72 bits per heavy atom. The molecule has 2 atom stereocenters. The highest BCUT2D eigenvalue weighted by Crippen LogP contribution is 2.35. The molecule has 25 heavy (non-hydrogen) atoms. The summed E-state index contributed by atoms with van der Waals surface area (Å²) in [6.45, 7) is -0.0753. The molecule has 0 saturated heterocycles. The fourth-order valence-corrected chi connectivity index (χ4v) is 3.27. The Morgan fingerprint density at radius 3 is 2.32 bits per heavy atom. The van der Waals surface area contributed by atoms with Crippen molar-refractivity contribution in [2.45, 2.75) is 18.8 Å². The van der Waals surface area contributed by atoms with Crippen molar-refractivity contribution in [3.8, 4) is 5.75 Å². The van der Waals surface area contributed by atoms with Crippen LogP contribution in [0.15, 0.2) is 51.4 Å². The number of benzene rings is 2. The van der Waals surface area contributed by atoms with Gasteiger partial charge in [0.2, 0.25) is 0 Å². The lowest BCUT2D eigenvalue weighted by Crippen LogP contribution is -2.35. The maximum absolute atomic E-state index is 11.7. The molecule has 0 aliphatic heterocycles. The van der Waals surface area contributed by atoms with Gasteiger partial charge in [0.1, 0.15) is 24.6 Å². The molecule has 0 aliphatic rings. The molecule has 2 unspecified atom stereocenters. The second-order valence-corrected chi connectivity index (χ2v) is 7.00. The molecule has 6 nitrogen and oxygen atoms in total. The van der Waals surface area contributed by atoms with Crippen molar-refractivity contribution in [1.82, 2.24) is 5.32 Å². The number of carbonyl (C=O) groups is 1. The summed E-state index contributed by atoms with van der Waals surface area (Å²) in [5.41, 5.74) is 1.22. The molecule has 0 heterocycles. The van der Waals surface area contributed by atoms with E-state index in [1.54, 1.807) is 0 Å². The Balaban J connectivity index is 1.84. The van der Waals surface area contributed by atoms with E-state index >= 15 is 0 Å². The number of nitrogens with one attached hydrogen (secondary N) is 1. The molecule has 0 radical (unpaired) electrons. The van der Waals surface area contributed by atoms with Crippen LogP contribution in [-0.2, 0) is 11.3 Å². The van der Waals surface area contributed by atoms with Gasteiger partial charge < -0.3 is 25.4 Å². The van der Waals surface area contributed by atoms with Gasteiger partial charge in [-0.1, -0.05) is 30.3 Å². The van der Waals surface area contributed by atoms with Crippen LogP contribution in [0, 0.1) is 0 Å². The second kappa shape index (κ2) is 9.19. The van der Waals surface area contributed by atoms with Crippen molar-refractivity contribution in [3.05, 3.63) is 62.5 Å². The molecular formula is C17H17Br2NO5. The molecule has 1 amide bonds. The van der Waals surface area contributed by atoms with E-state index in [9.17, 15) is 20.1 Å². The van der Waals surface area contributed by atoms with Crippen LogP contribution in [0.2, 0.25) is 0 Å². The first-order valence-corrected chi connectivity index (χ1v) is 8.95. The highest BCUT2D eigenvalue weighted by Gasteiger charge is 2.21. The standard InChI is InChI=1S/C17H17Br2NO5/c18-12-6-11(7-13(19)16(12)23)15(22)14(21)8-20-17(24)25-9-10-4-2-1-3-5-10/h1-7,14-15,21-23H,8-9H2,(H,20,24). The van der Waals surface area contributed by atoms with E-state index < -0.39 is 18.3 Å². The Bertz CT molecular complexity index is 703. The van der Waals surface area contributed by atoms with Gasteiger partial charge in [-0.2, -0.15) is 0 Å². The van der Waals surface area contributed by atoms with Crippen LogP contribution in [0.25, 0.3) is 0 Å². The summed E-state index contributed by atoms with van der Waals surface area (Å²) in [5.74, 6) is -0.00643. The molecule has 2 aromatic carbocycles. The topological polar surface area (TPSA) is 99.0 Å². The minimum absolute atomic E-state index is 0.00643. The third kappa shape index (κ3) is 5.71. The van der Waals surface area contributed by atoms with Crippen molar-refractivity contribution in [2.24, 2.45) is 0 Å². The van der Waals surface area contributed by atoms with Crippen molar-refractivity contribution < 1.29 is 24.9 Å². The number of alkyl carbamates (subject to hydrolysis) is 1. The number of phenolic OH excluding ortho intramolecular Hbond substituents is 1. The number of aliphatic hydroxyl groups excluding tert-OH is 2. The summed E-state index contributed by atoms with van der Waals surface area (Å²) in [6.07, 6.45) is -3.18. The predicted molar refractivity (Wildman–Crippen MR) is 99.1 cm³/mol. The average Bonchev–Trinajstić information content (AvgIpc) is 2.62. The Morgan fingerprint density at radius 1 is 1.12 bits per heavy atom. The largest absolute Gasteiger partial charge is 0.506 e. The summed E-state index contributed by atoms with van der Waals surface area (Å²) in [5, 5.41) is 32.3. The van der Waals surface area contributed by atoms with Crippen LogP contribution in [0.3, 0.4) is 0 Å². The highest BCUT2D eigenvalue weighted by atomic mass is 79.9. The Labute approximate surface area is 161 Å². The van der Waals surface area contributed by atoms with Gasteiger partial charge in [0, 0.05) is 6.54 Å². The minimum Gasteiger partial charge on any atom is -0.506 e. The number of rotatable bonds is 6. The lowest BCUT2D eigenvalue weighted by atomic mass is 10.0. The van der Waals surface area contributed by atoms with Crippen molar-refractivity contribution in [1.29, 1.82) is 0 Å². The number of aromatic hydroxyl groups is 1. The lowest BCUT2D eigenvalue weighted by molar-refractivity contribution is 0.0183. The highest BCUT2D eigenvalue weighted by molar-refractivity contribution is 9.11. The minimum atomic E-state index is -1.25. The number of aliphatic hydroxyl groups is 2. The smallest absolute Gasteiger partial charge is 0.407 e. The van der Waals surface area contributed by atoms with E-state index in [1.807, 2.05) is 30.3 Å². The quantitative estimate of drug-likeness (QED) is 0.515. The molecule has 4 N–H and O–H groups in total. The van der Waals surface area contributed by atoms with Gasteiger partial charge in [-0.15, -0.1) is 0 Å². The zero-order valence-electron chi connectivity index (χ0n) is 13.0. The second-order valence-electron chi connectivity index (χ2n) is 5.29. The molecule has 134 valence electrons. The molecule has 0 bridgehead atoms. The van der Waals surface area contributed by atoms with Gasteiger partial charge in [-0.3, -0.25) is 0 Å². The number of hydrogen-bond acceptors (Lipinski definition) is 5. The fourth-order valence-electron chi connectivity index (χ4n) is 2.05.